The monoisotopic (exact) mass is 427 g/mol. The number of benzene rings is 4. The van der Waals surface area contributed by atoms with E-state index in [0.717, 1.165) is 22.4 Å². The first-order chi connectivity index (χ1) is 16.2. The van der Waals surface area contributed by atoms with E-state index in [1.54, 1.807) is 0 Å². The zero-order valence-corrected chi connectivity index (χ0v) is 18.6. The van der Waals surface area contributed by atoms with Gasteiger partial charge >= 0.3 is 0 Å². The largest absolute Gasteiger partial charge is 0.373 e. The maximum Gasteiger partial charge on any atom is 0.195 e. The molecule has 0 heterocycles. The minimum absolute atomic E-state index is 0.0281. The summed E-state index contributed by atoms with van der Waals surface area (Å²) in [5.74, 6) is 6.37. The molecule has 33 heavy (non-hydrogen) atoms. The summed E-state index contributed by atoms with van der Waals surface area (Å²) in [7, 11) is 0. The molecule has 0 radical (unpaired) electrons. The van der Waals surface area contributed by atoms with Crippen molar-refractivity contribution in [2.75, 3.05) is 6.54 Å². The van der Waals surface area contributed by atoms with Gasteiger partial charge in [-0.05, 0) is 30.2 Å². The van der Waals surface area contributed by atoms with Crippen molar-refractivity contribution in [1.29, 1.82) is 0 Å². The Labute approximate surface area is 195 Å². The molecular formula is C31H25NO. The van der Waals surface area contributed by atoms with E-state index in [1.807, 2.05) is 103 Å². The second kappa shape index (κ2) is 10.8. The number of ketones is 1. The molecule has 0 aliphatic heterocycles. The molecule has 4 aromatic rings. The fourth-order valence-corrected chi connectivity index (χ4v) is 3.58. The van der Waals surface area contributed by atoms with E-state index in [2.05, 4.69) is 36.2 Å². The molecule has 2 nitrogen and oxygen atoms in total. The lowest BCUT2D eigenvalue weighted by molar-refractivity contribution is 0.105. The van der Waals surface area contributed by atoms with Gasteiger partial charge in [0.15, 0.2) is 5.78 Å². The van der Waals surface area contributed by atoms with Crippen LogP contribution in [0.5, 0.6) is 0 Å². The highest BCUT2D eigenvalue weighted by atomic mass is 16.1. The quantitative estimate of drug-likeness (QED) is 0.167. The van der Waals surface area contributed by atoms with Crippen LogP contribution in [0.2, 0.25) is 0 Å². The fraction of sp³-hybridized carbons (Fsp3) is 0.0645. The zero-order valence-electron chi connectivity index (χ0n) is 18.6. The minimum Gasteiger partial charge on any atom is -0.373 e. The Kier molecular flexibility index (Phi) is 7.15. The Hall–Kier alpha value is -4.35. The van der Waals surface area contributed by atoms with E-state index in [9.17, 15) is 4.79 Å². The SMILES string of the molecule is Cc1ccc(C#CCN/C(=C(\C(=O)c2ccccc2)c2ccccc2)c2ccccc2)cc1. The van der Waals surface area contributed by atoms with Crippen molar-refractivity contribution in [3.8, 4) is 11.8 Å². The molecule has 0 fully saturated rings. The summed E-state index contributed by atoms with van der Waals surface area (Å²) in [6.07, 6.45) is 0. The first-order valence-electron chi connectivity index (χ1n) is 11.0. The third-order valence-corrected chi connectivity index (χ3v) is 5.28. The number of nitrogens with one attached hydrogen (secondary N) is 1. The van der Waals surface area contributed by atoms with E-state index in [0.29, 0.717) is 17.7 Å². The Morgan fingerprint density at radius 2 is 1.18 bits per heavy atom. The molecule has 4 rings (SSSR count). The van der Waals surface area contributed by atoms with Gasteiger partial charge in [0.2, 0.25) is 0 Å². The third kappa shape index (κ3) is 5.67. The Bertz CT molecular complexity index is 1290. The van der Waals surface area contributed by atoms with Crippen LogP contribution in [0, 0.1) is 18.8 Å². The number of Topliss-reactive ketones (excluding diaryl/α,β-unsaturated/α-hetero) is 1. The first kappa shape index (κ1) is 21.9. The number of hydrogen-bond donors (Lipinski definition) is 1. The van der Waals surface area contributed by atoms with Gasteiger partial charge in [-0.1, -0.05) is 121 Å². The van der Waals surface area contributed by atoms with Crippen LogP contribution in [0.1, 0.15) is 32.6 Å². The normalized spacial score (nSPS) is 11.1. The third-order valence-electron chi connectivity index (χ3n) is 5.28. The van der Waals surface area contributed by atoms with Crippen molar-refractivity contribution in [3.05, 3.63) is 143 Å². The van der Waals surface area contributed by atoms with Gasteiger partial charge in [0.1, 0.15) is 0 Å². The highest BCUT2D eigenvalue weighted by Gasteiger charge is 2.20. The molecule has 0 amide bonds. The molecule has 0 aliphatic rings. The van der Waals surface area contributed by atoms with Crippen molar-refractivity contribution in [1.82, 2.24) is 5.32 Å². The van der Waals surface area contributed by atoms with Gasteiger partial charge in [-0.25, -0.2) is 0 Å². The molecule has 0 aliphatic carbocycles. The van der Waals surface area contributed by atoms with Gasteiger partial charge in [-0.15, -0.1) is 0 Å². The molecule has 4 aromatic carbocycles. The molecule has 0 spiro atoms. The van der Waals surface area contributed by atoms with Gasteiger partial charge in [0.25, 0.3) is 0 Å². The first-order valence-corrected chi connectivity index (χ1v) is 11.0. The fourth-order valence-electron chi connectivity index (χ4n) is 3.58. The Morgan fingerprint density at radius 3 is 1.76 bits per heavy atom. The number of hydrogen-bond acceptors (Lipinski definition) is 2. The predicted octanol–water partition coefficient (Wildman–Crippen LogP) is 6.39. The van der Waals surface area contributed by atoms with Crippen molar-refractivity contribution < 1.29 is 4.79 Å². The van der Waals surface area contributed by atoms with E-state index in [4.69, 9.17) is 0 Å². The molecule has 0 atom stereocenters. The van der Waals surface area contributed by atoms with Gasteiger partial charge in [-0.2, -0.15) is 0 Å². The van der Waals surface area contributed by atoms with Gasteiger partial charge in [-0.3, -0.25) is 4.79 Å². The lowest BCUT2D eigenvalue weighted by atomic mass is 9.92. The molecule has 2 heteroatoms. The molecule has 0 unspecified atom stereocenters. The highest BCUT2D eigenvalue weighted by Crippen LogP contribution is 2.28. The summed E-state index contributed by atoms with van der Waals surface area (Å²) >= 11 is 0. The maximum absolute atomic E-state index is 13.7. The van der Waals surface area contributed by atoms with Crippen molar-refractivity contribution in [2.24, 2.45) is 0 Å². The van der Waals surface area contributed by atoms with Crippen LogP contribution in [0.3, 0.4) is 0 Å². The van der Waals surface area contributed by atoms with Crippen LogP contribution in [-0.4, -0.2) is 12.3 Å². The average Bonchev–Trinajstić information content (AvgIpc) is 2.88. The van der Waals surface area contributed by atoms with Crippen LogP contribution >= 0.6 is 0 Å². The molecule has 0 saturated heterocycles. The van der Waals surface area contributed by atoms with E-state index < -0.39 is 0 Å². The van der Waals surface area contributed by atoms with Gasteiger partial charge in [0.05, 0.1) is 17.8 Å². The van der Waals surface area contributed by atoms with E-state index >= 15 is 0 Å². The van der Waals surface area contributed by atoms with Gasteiger partial charge < -0.3 is 5.32 Å². The summed E-state index contributed by atoms with van der Waals surface area (Å²) < 4.78 is 0. The minimum atomic E-state index is -0.0281. The number of aryl methyl sites for hydroxylation is 1. The summed E-state index contributed by atoms with van der Waals surface area (Å²) in [4.78, 5) is 13.7. The van der Waals surface area contributed by atoms with E-state index in [-0.39, 0.29) is 5.78 Å². The van der Waals surface area contributed by atoms with Gasteiger partial charge in [0, 0.05) is 11.1 Å². The highest BCUT2D eigenvalue weighted by molar-refractivity contribution is 6.34. The summed E-state index contributed by atoms with van der Waals surface area (Å²) in [5, 5.41) is 3.45. The molecule has 160 valence electrons. The predicted molar refractivity (Wildman–Crippen MR) is 137 cm³/mol. The van der Waals surface area contributed by atoms with E-state index in [1.165, 1.54) is 5.56 Å². The summed E-state index contributed by atoms with van der Waals surface area (Å²) in [6, 6.07) is 37.3. The zero-order chi connectivity index (χ0) is 22.9. The Balaban J connectivity index is 1.77. The lowest BCUT2D eigenvalue weighted by Gasteiger charge is -2.17. The second-order valence-electron chi connectivity index (χ2n) is 7.70. The topological polar surface area (TPSA) is 29.1 Å². The number of carbonyl (C=O) groups excluding carboxylic acids is 1. The molecule has 0 aromatic heterocycles. The van der Waals surface area contributed by atoms with Crippen molar-refractivity contribution in [2.45, 2.75) is 6.92 Å². The molecule has 0 bridgehead atoms. The maximum atomic E-state index is 13.7. The summed E-state index contributed by atoms with van der Waals surface area (Å²) in [6.45, 7) is 2.47. The van der Waals surface area contributed by atoms with Crippen LogP contribution in [0.4, 0.5) is 0 Å². The summed E-state index contributed by atoms with van der Waals surface area (Å²) in [5.41, 5.74) is 6.04. The van der Waals surface area contributed by atoms with Crippen LogP contribution in [0.25, 0.3) is 11.3 Å². The second-order valence-corrected chi connectivity index (χ2v) is 7.70. The standard InChI is InChI=1S/C31H25NO/c1-24-19-21-25(22-20-24)12-11-23-32-30(27-15-7-3-8-16-27)29(26-13-5-2-6-14-26)31(33)28-17-9-4-10-18-28/h2-10,13-22,32H,23H2,1H3/b30-29-. The number of rotatable bonds is 6. The molecular weight excluding hydrogens is 402 g/mol. The van der Waals surface area contributed by atoms with Crippen molar-refractivity contribution in [3.63, 3.8) is 0 Å². The smallest absolute Gasteiger partial charge is 0.195 e. The number of carbonyl (C=O) groups is 1. The van der Waals surface area contributed by atoms with Crippen LogP contribution < -0.4 is 5.32 Å². The average molecular weight is 428 g/mol. The van der Waals surface area contributed by atoms with Crippen LogP contribution in [-0.2, 0) is 0 Å². The molecule has 1 N–H and O–H groups in total. The lowest BCUT2D eigenvalue weighted by Crippen LogP contribution is -2.18. The van der Waals surface area contributed by atoms with Crippen molar-refractivity contribution >= 4 is 17.1 Å². The molecule has 0 saturated carbocycles. The number of allylic oxidation sites excluding steroid dienone is 1. The Morgan fingerprint density at radius 1 is 0.667 bits per heavy atom. The van der Waals surface area contributed by atoms with Crippen LogP contribution in [0.15, 0.2) is 115 Å².